The maximum atomic E-state index is 12.8. The summed E-state index contributed by atoms with van der Waals surface area (Å²) in [5.74, 6) is 1.66. The van der Waals surface area contributed by atoms with Crippen molar-refractivity contribution in [1.82, 2.24) is 10.1 Å². The first-order chi connectivity index (χ1) is 13.6. The van der Waals surface area contributed by atoms with E-state index < -0.39 is 0 Å². The molecule has 1 N–H and O–H groups in total. The number of hydrogen-bond acceptors (Lipinski definition) is 7. The first-order valence-electron chi connectivity index (χ1n) is 8.60. The SMILES string of the molecule is COc1ccc2nc(NC(=O)c3noc4c3COc3ccc(C)cc3-4)sc2c1. The van der Waals surface area contributed by atoms with Crippen molar-refractivity contribution in [1.29, 1.82) is 0 Å². The molecule has 0 saturated heterocycles. The number of ether oxygens (including phenoxy) is 2. The number of benzene rings is 2. The Morgan fingerprint density at radius 3 is 3.00 bits per heavy atom. The number of rotatable bonds is 3. The van der Waals surface area contributed by atoms with E-state index in [1.807, 2.05) is 43.3 Å². The van der Waals surface area contributed by atoms with Gasteiger partial charge in [-0.25, -0.2) is 4.98 Å². The molecule has 8 heteroatoms. The van der Waals surface area contributed by atoms with Crippen molar-refractivity contribution in [3.63, 3.8) is 0 Å². The monoisotopic (exact) mass is 393 g/mol. The number of aryl methyl sites for hydroxylation is 1. The molecule has 0 radical (unpaired) electrons. The number of fused-ring (bicyclic) bond motifs is 4. The van der Waals surface area contributed by atoms with Crippen LogP contribution in [0.25, 0.3) is 21.5 Å². The molecule has 4 aromatic rings. The maximum absolute atomic E-state index is 12.8. The first-order valence-corrected chi connectivity index (χ1v) is 9.42. The molecule has 1 aliphatic rings. The minimum Gasteiger partial charge on any atom is -0.497 e. The molecule has 0 aliphatic carbocycles. The number of carbonyl (C=O) groups excluding carboxylic acids is 1. The van der Waals surface area contributed by atoms with Crippen LogP contribution in [0.15, 0.2) is 40.9 Å². The summed E-state index contributed by atoms with van der Waals surface area (Å²) in [7, 11) is 1.61. The summed E-state index contributed by atoms with van der Waals surface area (Å²) in [5, 5.41) is 7.28. The van der Waals surface area contributed by atoms with Crippen LogP contribution in [0.1, 0.15) is 21.6 Å². The predicted molar refractivity (Wildman–Crippen MR) is 105 cm³/mol. The van der Waals surface area contributed by atoms with Crippen LogP contribution in [0.4, 0.5) is 5.13 Å². The predicted octanol–water partition coefficient (Wildman–Crippen LogP) is 4.41. The van der Waals surface area contributed by atoms with Gasteiger partial charge in [-0.2, -0.15) is 0 Å². The third-order valence-electron chi connectivity index (χ3n) is 4.57. The number of thiazole rings is 1. The number of anilines is 1. The van der Waals surface area contributed by atoms with Crippen molar-refractivity contribution in [2.24, 2.45) is 0 Å². The van der Waals surface area contributed by atoms with Gasteiger partial charge in [0, 0.05) is 0 Å². The highest BCUT2D eigenvalue weighted by Gasteiger charge is 2.29. The highest BCUT2D eigenvalue weighted by atomic mass is 32.1. The van der Waals surface area contributed by atoms with Crippen molar-refractivity contribution >= 4 is 32.6 Å². The van der Waals surface area contributed by atoms with E-state index in [-0.39, 0.29) is 18.2 Å². The first kappa shape index (κ1) is 16.8. The van der Waals surface area contributed by atoms with Gasteiger partial charge in [-0.15, -0.1) is 0 Å². The van der Waals surface area contributed by atoms with Crippen LogP contribution in [0.5, 0.6) is 11.5 Å². The molecule has 0 bridgehead atoms. The number of methoxy groups -OCH3 is 1. The van der Waals surface area contributed by atoms with Crippen LogP contribution in [-0.2, 0) is 6.61 Å². The molecule has 2 aromatic heterocycles. The topological polar surface area (TPSA) is 86.5 Å². The molecule has 0 saturated carbocycles. The van der Waals surface area contributed by atoms with Crippen molar-refractivity contribution in [3.05, 3.63) is 53.2 Å². The van der Waals surface area contributed by atoms with Gasteiger partial charge in [0.15, 0.2) is 16.6 Å². The molecule has 0 unspecified atom stereocenters. The number of nitrogens with zero attached hydrogens (tertiary/aromatic N) is 2. The lowest BCUT2D eigenvalue weighted by Gasteiger charge is -2.16. The van der Waals surface area contributed by atoms with Gasteiger partial charge >= 0.3 is 0 Å². The summed E-state index contributed by atoms with van der Waals surface area (Å²) >= 11 is 1.37. The highest BCUT2D eigenvalue weighted by Crippen LogP contribution is 2.39. The van der Waals surface area contributed by atoms with Gasteiger partial charge in [0.2, 0.25) is 0 Å². The average molecular weight is 393 g/mol. The largest absolute Gasteiger partial charge is 0.497 e. The lowest BCUT2D eigenvalue weighted by Crippen LogP contribution is -2.16. The molecule has 28 heavy (non-hydrogen) atoms. The molecular weight excluding hydrogens is 378 g/mol. The molecule has 1 aliphatic heterocycles. The second-order valence-electron chi connectivity index (χ2n) is 6.43. The van der Waals surface area contributed by atoms with E-state index in [0.29, 0.717) is 16.5 Å². The van der Waals surface area contributed by atoms with Crippen molar-refractivity contribution in [3.8, 4) is 22.8 Å². The molecule has 0 spiro atoms. The highest BCUT2D eigenvalue weighted by molar-refractivity contribution is 7.22. The third-order valence-corrected chi connectivity index (χ3v) is 5.50. The summed E-state index contributed by atoms with van der Waals surface area (Å²) in [4.78, 5) is 17.2. The molecule has 0 fully saturated rings. The minimum absolute atomic E-state index is 0.207. The molecule has 1 amide bonds. The minimum atomic E-state index is -0.379. The number of amides is 1. The summed E-state index contributed by atoms with van der Waals surface area (Å²) in [6.45, 7) is 2.22. The van der Waals surface area contributed by atoms with Gasteiger partial charge in [0.25, 0.3) is 5.91 Å². The van der Waals surface area contributed by atoms with E-state index in [1.165, 1.54) is 11.3 Å². The second-order valence-corrected chi connectivity index (χ2v) is 7.46. The Morgan fingerprint density at radius 2 is 2.14 bits per heavy atom. The zero-order valence-corrected chi connectivity index (χ0v) is 15.9. The second kappa shape index (κ2) is 6.35. The van der Waals surface area contributed by atoms with Gasteiger partial charge in [-0.05, 0) is 37.3 Å². The Kier molecular flexibility index (Phi) is 3.80. The van der Waals surface area contributed by atoms with E-state index in [9.17, 15) is 4.79 Å². The number of aromatic nitrogens is 2. The Labute approximate surface area is 163 Å². The van der Waals surface area contributed by atoms with E-state index in [2.05, 4.69) is 15.5 Å². The summed E-state index contributed by atoms with van der Waals surface area (Å²) in [5.41, 5.74) is 3.51. The van der Waals surface area contributed by atoms with Crippen molar-refractivity contribution < 1.29 is 18.8 Å². The molecule has 3 heterocycles. The van der Waals surface area contributed by atoms with Crippen LogP contribution in [0, 0.1) is 6.92 Å². The lowest BCUT2D eigenvalue weighted by molar-refractivity contribution is 0.101. The van der Waals surface area contributed by atoms with Crippen molar-refractivity contribution in [2.45, 2.75) is 13.5 Å². The summed E-state index contributed by atoms with van der Waals surface area (Å²) in [6, 6.07) is 11.4. The van der Waals surface area contributed by atoms with Crippen molar-refractivity contribution in [2.75, 3.05) is 12.4 Å². The lowest BCUT2D eigenvalue weighted by atomic mass is 10.0. The molecular formula is C20H15N3O4S. The molecule has 140 valence electrons. The zero-order valence-electron chi connectivity index (χ0n) is 15.1. The van der Waals surface area contributed by atoms with Crippen LogP contribution in [0.2, 0.25) is 0 Å². The van der Waals surface area contributed by atoms with E-state index in [0.717, 1.165) is 32.8 Å². The van der Waals surface area contributed by atoms with Crippen LogP contribution >= 0.6 is 11.3 Å². The third kappa shape index (κ3) is 2.69. The number of hydrogen-bond donors (Lipinski definition) is 1. The Bertz CT molecular complexity index is 1230. The normalized spacial score (nSPS) is 12.2. The molecule has 7 nitrogen and oxygen atoms in total. The standard InChI is InChI=1S/C20H15N3O4S/c1-10-3-6-15-12(7-10)18-13(9-26-15)17(23-27-18)19(24)22-20-21-14-5-4-11(25-2)8-16(14)28-20/h3-8H,9H2,1-2H3,(H,21,22,24). The van der Waals surface area contributed by atoms with Gasteiger partial charge in [0.05, 0.1) is 28.5 Å². The Hall–Kier alpha value is -3.39. The molecule has 5 rings (SSSR count). The number of nitrogens with one attached hydrogen (secondary N) is 1. The van der Waals surface area contributed by atoms with E-state index >= 15 is 0 Å². The average Bonchev–Trinajstić information content (AvgIpc) is 3.30. The van der Waals surface area contributed by atoms with Gasteiger partial charge in [-0.1, -0.05) is 28.1 Å². The molecule has 2 aromatic carbocycles. The van der Waals surface area contributed by atoms with Crippen LogP contribution in [-0.4, -0.2) is 23.2 Å². The fourth-order valence-corrected chi connectivity index (χ4v) is 4.06. The van der Waals surface area contributed by atoms with E-state index in [1.54, 1.807) is 7.11 Å². The fraction of sp³-hybridized carbons (Fsp3) is 0.150. The van der Waals surface area contributed by atoms with Gasteiger partial charge in [0.1, 0.15) is 18.1 Å². The Morgan fingerprint density at radius 1 is 1.25 bits per heavy atom. The van der Waals surface area contributed by atoms with E-state index in [4.69, 9.17) is 14.0 Å². The number of carbonyl (C=O) groups is 1. The fourth-order valence-electron chi connectivity index (χ4n) is 3.17. The maximum Gasteiger partial charge on any atom is 0.280 e. The smallest absolute Gasteiger partial charge is 0.280 e. The summed E-state index contributed by atoms with van der Waals surface area (Å²) < 4.78 is 17.4. The molecule has 0 atom stereocenters. The summed E-state index contributed by atoms with van der Waals surface area (Å²) in [6.07, 6.45) is 0. The zero-order chi connectivity index (χ0) is 19.3. The van der Waals surface area contributed by atoms with Crippen LogP contribution < -0.4 is 14.8 Å². The van der Waals surface area contributed by atoms with Gasteiger partial charge in [-0.3, -0.25) is 10.1 Å². The Balaban J connectivity index is 1.46. The van der Waals surface area contributed by atoms with Crippen LogP contribution in [0.3, 0.4) is 0 Å². The van der Waals surface area contributed by atoms with Gasteiger partial charge < -0.3 is 14.0 Å². The quantitative estimate of drug-likeness (QED) is 0.555.